The minimum absolute atomic E-state index is 0.111. The van der Waals surface area contributed by atoms with E-state index in [9.17, 15) is 5.11 Å². The largest absolute Gasteiger partial charge is 0.393 e. The van der Waals surface area contributed by atoms with Crippen molar-refractivity contribution in [1.29, 1.82) is 0 Å². The van der Waals surface area contributed by atoms with Crippen molar-refractivity contribution in [2.45, 2.75) is 25.4 Å². The van der Waals surface area contributed by atoms with E-state index in [4.69, 9.17) is 0 Å². The van der Waals surface area contributed by atoms with Crippen molar-refractivity contribution < 1.29 is 5.11 Å². The molecular formula is C8H12O. The Labute approximate surface area is 55.1 Å². The van der Waals surface area contributed by atoms with E-state index >= 15 is 0 Å². The fourth-order valence-corrected chi connectivity index (χ4v) is 3.35. The molecule has 0 heterocycles. The number of aliphatic hydroxyl groups excluding tert-OH is 1. The van der Waals surface area contributed by atoms with Crippen molar-refractivity contribution in [2.75, 3.05) is 0 Å². The Morgan fingerprint density at radius 3 is 2.00 bits per heavy atom. The predicted octanol–water partition coefficient (Wildman–Crippen LogP) is 1.02. The molecule has 3 rings (SSSR count). The van der Waals surface area contributed by atoms with Crippen LogP contribution in [0.5, 0.6) is 0 Å². The fraction of sp³-hybridized carbons (Fsp3) is 1.00. The van der Waals surface area contributed by atoms with Gasteiger partial charge in [-0.2, -0.15) is 0 Å². The molecule has 50 valence electrons. The molecule has 3 fully saturated rings. The summed E-state index contributed by atoms with van der Waals surface area (Å²) in [4.78, 5) is 0. The van der Waals surface area contributed by atoms with Gasteiger partial charge in [-0.15, -0.1) is 0 Å². The van der Waals surface area contributed by atoms with Crippen LogP contribution in [0.4, 0.5) is 0 Å². The normalized spacial score (nSPS) is 68.3. The van der Waals surface area contributed by atoms with Gasteiger partial charge in [-0.1, -0.05) is 0 Å². The van der Waals surface area contributed by atoms with Gasteiger partial charge in [0.15, 0.2) is 0 Å². The summed E-state index contributed by atoms with van der Waals surface area (Å²) in [5.41, 5.74) is 0. The Balaban J connectivity index is 2.00. The predicted molar refractivity (Wildman–Crippen MR) is 33.8 cm³/mol. The molecule has 0 saturated heterocycles. The summed E-state index contributed by atoms with van der Waals surface area (Å²) in [6, 6.07) is 0. The average molecular weight is 124 g/mol. The molecule has 1 N–H and O–H groups in total. The van der Waals surface area contributed by atoms with Gasteiger partial charge in [-0.05, 0) is 42.9 Å². The molecular weight excluding hydrogens is 112 g/mol. The quantitative estimate of drug-likeness (QED) is 0.511. The lowest BCUT2D eigenvalue weighted by Gasteiger charge is -2.44. The summed E-state index contributed by atoms with van der Waals surface area (Å²) in [6.07, 6.45) is 4.17. The third-order valence-corrected chi connectivity index (χ3v) is 3.83. The molecule has 1 heteroatoms. The third kappa shape index (κ3) is 0.362. The van der Waals surface area contributed by atoms with Crippen LogP contribution >= 0.6 is 0 Å². The van der Waals surface area contributed by atoms with Crippen LogP contribution in [0.15, 0.2) is 0 Å². The molecule has 0 aromatic rings. The van der Waals surface area contributed by atoms with Crippen molar-refractivity contribution in [2.24, 2.45) is 23.7 Å². The van der Waals surface area contributed by atoms with Gasteiger partial charge in [0.05, 0.1) is 6.10 Å². The van der Waals surface area contributed by atoms with Gasteiger partial charge < -0.3 is 5.11 Å². The van der Waals surface area contributed by atoms with Crippen molar-refractivity contribution >= 4 is 0 Å². The van der Waals surface area contributed by atoms with Gasteiger partial charge in [0.1, 0.15) is 0 Å². The molecule has 3 aliphatic carbocycles. The first-order valence-electron chi connectivity index (χ1n) is 4.04. The van der Waals surface area contributed by atoms with E-state index in [2.05, 4.69) is 0 Å². The molecule has 0 unspecified atom stereocenters. The topological polar surface area (TPSA) is 20.2 Å². The molecule has 0 aromatic heterocycles. The Hall–Kier alpha value is -0.0400. The highest BCUT2D eigenvalue weighted by Crippen LogP contribution is 2.63. The van der Waals surface area contributed by atoms with Gasteiger partial charge in [-0.3, -0.25) is 0 Å². The molecule has 0 amide bonds. The van der Waals surface area contributed by atoms with Crippen LogP contribution in [0.2, 0.25) is 0 Å². The maximum atomic E-state index is 9.53. The minimum atomic E-state index is 0.111. The molecule has 0 radical (unpaired) electrons. The lowest BCUT2D eigenvalue weighted by Crippen LogP contribution is -2.42. The zero-order chi connectivity index (χ0) is 6.01. The molecule has 3 saturated carbocycles. The first kappa shape index (κ1) is 4.73. The molecule has 0 aromatic carbocycles. The van der Waals surface area contributed by atoms with Gasteiger partial charge in [0, 0.05) is 0 Å². The molecule has 0 aliphatic heterocycles. The molecule has 2 bridgehead atoms. The number of hydrogen-bond acceptors (Lipinski definition) is 1. The van der Waals surface area contributed by atoms with E-state index in [0.717, 1.165) is 23.7 Å². The van der Waals surface area contributed by atoms with Crippen LogP contribution in [0.3, 0.4) is 0 Å². The number of rotatable bonds is 0. The van der Waals surface area contributed by atoms with Crippen molar-refractivity contribution in [3.8, 4) is 0 Å². The maximum absolute atomic E-state index is 9.53. The molecule has 1 nitrogen and oxygen atoms in total. The van der Waals surface area contributed by atoms with Crippen LogP contribution in [0, 0.1) is 23.7 Å². The van der Waals surface area contributed by atoms with Crippen molar-refractivity contribution in [3.63, 3.8) is 0 Å². The molecule has 0 spiro atoms. The molecule has 3 aliphatic rings. The van der Waals surface area contributed by atoms with Crippen LogP contribution in [-0.2, 0) is 0 Å². The second kappa shape index (κ2) is 1.20. The van der Waals surface area contributed by atoms with E-state index in [-0.39, 0.29) is 6.10 Å². The number of aliphatic hydroxyl groups is 1. The minimum Gasteiger partial charge on any atom is -0.393 e. The fourth-order valence-electron chi connectivity index (χ4n) is 3.35. The summed E-state index contributed by atoms with van der Waals surface area (Å²) in [6.45, 7) is 0. The first-order chi connectivity index (χ1) is 4.36. The molecule has 9 heavy (non-hydrogen) atoms. The van der Waals surface area contributed by atoms with E-state index in [1.165, 1.54) is 19.3 Å². The van der Waals surface area contributed by atoms with Gasteiger partial charge in [0.25, 0.3) is 0 Å². The lowest BCUT2D eigenvalue weighted by molar-refractivity contribution is -0.0395. The second-order valence-electron chi connectivity index (χ2n) is 4.05. The first-order valence-corrected chi connectivity index (χ1v) is 4.04. The van der Waals surface area contributed by atoms with Crippen LogP contribution in [0.25, 0.3) is 0 Å². The number of fused-ring (bicyclic) bond motifs is 1. The Morgan fingerprint density at radius 2 is 1.67 bits per heavy atom. The van der Waals surface area contributed by atoms with Crippen LogP contribution in [-0.4, -0.2) is 11.2 Å². The van der Waals surface area contributed by atoms with E-state index < -0.39 is 0 Å². The highest BCUT2D eigenvalue weighted by atomic mass is 16.3. The van der Waals surface area contributed by atoms with Crippen LogP contribution < -0.4 is 0 Å². The number of hydrogen-bond donors (Lipinski definition) is 1. The smallest absolute Gasteiger partial charge is 0.0599 e. The van der Waals surface area contributed by atoms with Crippen molar-refractivity contribution in [3.05, 3.63) is 0 Å². The van der Waals surface area contributed by atoms with Crippen molar-refractivity contribution in [1.82, 2.24) is 0 Å². The zero-order valence-corrected chi connectivity index (χ0v) is 5.46. The van der Waals surface area contributed by atoms with E-state index in [1.807, 2.05) is 0 Å². The zero-order valence-electron chi connectivity index (χ0n) is 5.46. The lowest BCUT2D eigenvalue weighted by atomic mass is 9.63. The summed E-state index contributed by atoms with van der Waals surface area (Å²) < 4.78 is 0. The SMILES string of the molecule is O[C@@H]1[C@@H]2C[C@@H]3C[C@H]1[C@@H]3C2. The van der Waals surface area contributed by atoms with E-state index in [0.29, 0.717) is 0 Å². The average Bonchev–Trinajstić information content (AvgIpc) is 2.20. The Bertz CT molecular complexity index is 144. The van der Waals surface area contributed by atoms with Gasteiger partial charge in [0.2, 0.25) is 0 Å². The van der Waals surface area contributed by atoms with Gasteiger partial charge in [-0.25, -0.2) is 0 Å². The standard InChI is InChI=1S/C8H12O/c9-8-5-1-4-2-7(8)6(4)3-5/h4-9H,1-3H2/t4-,5-,6-,7+,8-/m1/s1. The summed E-state index contributed by atoms with van der Waals surface area (Å²) in [7, 11) is 0. The Kier molecular flexibility index (Phi) is 0.628. The maximum Gasteiger partial charge on any atom is 0.0599 e. The molecule has 5 atom stereocenters. The van der Waals surface area contributed by atoms with Crippen LogP contribution in [0.1, 0.15) is 19.3 Å². The summed E-state index contributed by atoms with van der Waals surface area (Å²) in [5, 5.41) is 9.53. The highest BCUT2D eigenvalue weighted by molar-refractivity contribution is 5.08. The Morgan fingerprint density at radius 1 is 0.889 bits per heavy atom. The second-order valence-corrected chi connectivity index (χ2v) is 4.05. The van der Waals surface area contributed by atoms with Gasteiger partial charge >= 0.3 is 0 Å². The summed E-state index contributed by atoms with van der Waals surface area (Å²) in [5.74, 6) is 3.47. The van der Waals surface area contributed by atoms with E-state index in [1.54, 1.807) is 0 Å². The highest BCUT2D eigenvalue weighted by Gasteiger charge is 2.59. The summed E-state index contributed by atoms with van der Waals surface area (Å²) >= 11 is 0. The third-order valence-electron chi connectivity index (χ3n) is 3.83. The monoisotopic (exact) mass is 124 g/mol.